The number of ketones is 1. The van der Waals surface area contributed by atoms with Crippen molar-refractivity contribution in [1.82, 2.24) is 9.21 Å². The minimum absolute atomic E-state index is 0.0339. The Bertz CT molecular complexity index is 1240. The zero-order chi connectivity index (χ0) is 25.2. The van der Waals surface area contributed by atoms with Crippen molar-refractivity contribution in [1.29, 1.82) is 0 Å². The molecule has 2 aliphatic heterocycles. The van der Waals surface area contributed by atoms with E-state index < -0.39 is 39.3 Å². The van der Waals surface area contributed by atoms with Crippen LogP contribution in [0.15, 0.2) is 59.0 Å². The van der Waals surface area contributed by atoms with Gasteiger partial charge in [0.25, 0.3) is 11.7 Å². The van der Waals surface area contributed by atoms with Crippen molar-refractivity contribution in [3.8, 4) is 0 Å². The first-order valence-corrected chi connectivity index (χ1v) is 12.4. The molecule has 0 bridgehead atoms. The van der Waals surface area contributed by atoms with Gasteiger partial charge < -0.3 is 19.5 Å². The first kappa shape index (κ1) is 25.0. The number of hydrogen-bond donors (Lipinski definition) is 1. The van der Waals surface area contributed by atoms with Crippen LogP contribution in [0.5, 0.6) is 0 Å². The van der Waals surface area contributed by atoms with Crippen LogP contribution < -0.4 is 0 Å². The van der Waals surface area contributed by atoms with Crippen LogP contribution >= 0.6 is 0 Å². The van der Waals surface area contributed by atoms with Gasteiger partial charge in [-0.3, -0.25) is 9.59 Å². The number of likely N-dealkylation sites (tertiary alicyclic amines) is 1. The Morgan fingerprint density at radius 1 is 1.09 bits per heavy atom. The van der Waals surface area contributed by atoms with Crippen LogP contribution in [-0.4, -0.2) is 81.0 Å². The number of benzene rings is 2. The van der Waals surface area contributed by atoms with Crippen LogP contribution in [0, 0.1) is 5.82 Å². The quantitative estimate of drug-likeness (QED) is 0.348. The number of halogens is 1. The normalized spacial score (nSPS) is 21.0. The average molecular weight is 505 g/mol. The molecule has 2 heterocycles. The van der Waals surface area contributed by atoms with Gasteiger partial charge >= 0.3 is 0 Å². The molecule has 0 unspecified atom stereocenters. The molecule has 0 radical (unpaired) electrons. The van der Waals surface area contributed by atoms with E-state index in [0.29, 0.717) is 18.8 Å². The lowest BCUT2D eigenvalue weighted by Crippen LogP contribution is -2.40. The fourth-order valence-corrected chi connectivity index (χ4v) is 5.58. The smallest absolute Gasteiger partial charge is 0.295 e. The molecular weight excluding hydrogens is 479 g/mol. The van der Waals surface area contributed by atoms with Crippen molar-refractivity contribution in [2.75, 3.05) is 46.6 Å². The van der Waals surface area contributed by atoms with Crippen LogP contribution in [0.25, 0.3) is 5.76 Å². The number of morpholine rings is 1. The summed E-state index contributed by atoms with van der Waals surface area (Å²) in [6, 6.07) is 9.78. The highest BCUT2D eigenvalue weighted by atomic mass is 32.2. The maximum Gasteiger partial charge on any atom is 0.295 e. The minimum Gasteiger partial charge on any atom is -0.507 e. The average Bonchev–Trinajstić information content (AvgIpc) is 3.13. The van der Waals surface area contributed by atoms with E-state index in [9.17, 15) is 27.5 Å². The molecule has 9 nitrogen and oxygen atoms in total. The standard InChI is InChI=1S/C24H25FN2O7S/c1-33-13-12-27-21(16-2-6-18(25)7-3-16)20(23(29)24(27)30)22(28)17-4-8-19(9-5-17)35(31,32)26-10-14-34-15-11-26/h2-9,21,28H,10-15H2,1H3/b22-20+/t21-/m1/s1. The summed E-state index contributed by atoms with van der Waals surface area (Å²) in [6.45, 7) is 1.34. The van der Waals surface area contributed by atoms with Crippen LogP contribution in [0.3, 0.4) is 0 Å². The van der Waals surface area contributed by atoms with Gasteiger partial charge in [-0.15, -0.1) is 0 Å². The van der Waals surface area contributed by atoms with Gasteiger partial charge in [0.05, 0.1) is 36.3 Å². The summed E-state index contributed by atoms with van der Waals surface area (Å²) >= 11 is 0. The highest BCUT2D eigenvalue weighted by Crippen LogP contribution is 2.39. The van der Waals surface area contributed by atoms with E-state index in [0.717, 1.165) is 0 Å². The maximum atomic E-state index is 13.5. The number of nitrogens with zero attached hydrogens (tertiary/aromatic N) is 2. The molecule has 1 N–H and O–H groups in total. The predicted molar refractivity (Wildman–Crippen MR) is 123 cm³/mol. The number of amides is 1. The van der Waals surface area contributed by atoms with E-state index in [1.165, 1.54) is 64.8 Å². The van der Waals surface area contributed by atoms with Gasteiger partial charge in [0, 0.05) is 32.3 Å². The molecule has 2 fully saturated rings. The Hall–Kier alpha value is -3.12. The molecule has 0 aliphatic carbocycles. The molecule has 0 saturated carbocycles. The van der Waals surface area contributed by atoms with Gasteiger partial charge in [0.2, 0.25) is 10.0 Å². The summed E-state index contributed by atoms with van der Waals surface area (Å²) < 4.78 is 50.9. The Morgan fingerprint density at radius 3 is 2.31 bits per heavy atom. The molecule has 186 valence electrons. The van der Waals surface area contributed by atoms with Gasteiger partial charge in [0.1, 0.15) is 11.6 Å². The summed E-state index contributed by atoms with van der Waals surface area (Å²) in [7, 11) is -2.29. The zero-order valence-electron chi connectivity index (χ0n) is 19.0. The molecule has 2 aromatic carbocycles. The number of ether oxygens (including phenoxy) is 2. The van der Waals surface area contributed by atoms with Gasteiger partial charge in [-0.1, -0.05) is 12.1 Å². The number of hydrogen-bond acceptors (Lipinski definition) is 7. The lowest BCUT2D eigenvalue weighted by Gasteiger charge is -2.26. The highest BCUT2D eigenvalue weighted by Gasteiger charge is 2.45. The van der Waals surface area contributed by atoms with Crippen molar-refractivity contribution < 1.29 is 37.0 Å². The molecule has 1 atom stereocenters. The number of aliphatic hydroxyl groups excluding tert-OH is 1. The second kappa shape index (κ2) is 10.2. The van der Waals surface area contributed by atoms with Crippen molar-refractivity contribution in [2.45, 2.75) is 10.9 Å². The topological polar surface area (TPSA) is 113 Å². The highest BCUT2D eigenvalue weighted by molar-refractivity contribution is 7.89. The molecule has 0 aromatic heterocycles. The summed E-state index contributed by atoms with van der Waals surface area (Å²) in [6.07, 6.45) is 0. The second-order valence-corrected chi connectivity index (χ2v) is 10.0. The summed E-state index contributed by atoms with van der Waals surface area (Å²) in [4.78, 5) is 27.0. The Kier molecular flexibility index (Phi) is 7.31. The van der Waals surface area contributed by atoms with E-state index in [-0.39, 0.29) is 42.3 Å². The van der Waals surface area contributed by atoms with E-state index in [1.54, 1.807) is 0 Å². The van der Waals surface area contributed by atoms with Crippen molar-refractivity contribution >= 4 is 27.5 Å². The van der Waals surface area contributed by atoms with E-state index in [4.69, 9.17) is 9.47 Å². The predicted octanol–water partition coefficient (Wildman–Crippen LogP) is 1.91. The van der Waals surface area contributed by atoms with Crippen LogP contribution in [0.2, 0.25) is 0 Å². The molecule has 1 amide bonds. The fourth-order valence-electron chi connectivity index (χ4n) is 4.17. The van der Waals surface area contributed by atoms with E-state index >= 15 is 0 Å². The summed E-state index contributed by atoms with van der Waals surface area (Å²) in [5.74, 6) is -2.64. The largest absolute Gasteiger partial charge is 0.507 e. The molecule has 11 heteroatoms. The molecule has 35 heavy (non-hydrogen) atoms. The fraction of sp³-hybridized carbons (Fsp3) is 0.333. The zero-order valence-corrected chi connectivity index (χ0v) is 19.8. The first-order valence-electron chi connectivity index (χ1n) is 11.0. The third-order valence-corrected chi connectivity index (χ3v) is 7.91. The molecule has 2 aliphatic rings. The number of aliphatic hydroxyl groups is 1. The maximum absolute atomic E-state index is 13.5. The molecule has 4 rings (SSSR count). The van der Waals surface area contributed by atoms with E-state index in [1.807, 2.05) is 0 Å². The van der Waals surface area contributed by atoms with Crippen molar-refractivity contribution in [2.24, 2.45) is 0 Å². The van der Waals surface area contributed by atoms with Gasteiger partial charge in [0.15, 0.2) is 0 Å². The Morgan fingerprint density at radius 2 is 1.71 bits per heavy atom. The number of methoxy groups -OCH3 is 1. The van der Waals surface area contributed by atoms with Crippen LogP contribution in [0.1, 0.15) is 17.2 Å². The lowest BCUT2D eigenvalue weighted by molar-refractivity contribution is -0.140. The lowest BCUT2D eigenvalue weighted by atomic mass is 9.95. The number of carbonyl (C=O) groups excluding carboxylic acids is 2. The Balaban J connectivity index is 1.73. The molecular formula is C24H25FN2O7S. The van der Waals surface area contributed by atoms with Gasteiger partial charge in [-0.05, 0) is 42.0 Å². The first-order chi connectivity index (χ1) is 16.8. The monoisotopic (exact) mass is 504 g/mol. The third kappa shape index (κ3) is 4.85. The van der Waals surface area contributed by atoms with Crippen molar-refractivity contribution in [3.05, 3.63) is 71.0 Å². The van der Waals surface area contributed by atoms with E-state index in [2.05, 4.69) is 0 Å². The number of carbonyl (C=O) groups is 2. The molecule has 2 saturated heterocycles. The summed E-state index contributed by atoms with van der Waals surface area (Å²) in [5.41, 5.74) is 0.444. The Labute approximate surface area is 202 Å². The van der Waals surface area contributed by atoms with Crippen LogP contribution in [-0.2, 0) is 29.1 Å². The second-order valence-electron chi connectivity index (χ2n) is 8.08. The summed E-state index contributed by atoms with van der Waals surface area (Å²) in [5, 5.41) is 11.1. The van der Waals surface area contributed by atoms with Gasteiger partial charge in [-0.2, -0.15) is 4.31 Å². The number of rotatable bonds is 7. The van der Waals surface area contributed by atoms with Gasteiger partial charge in [-0.25, -0.2) is 12.8 Å². The van der Waals surface area contributed by atoms with Crippen molar-refractivity contribution in [3.63, 3.8) is 0 Å². The third-order valence-electron chi connectivity index (χ3n) is 6.00. The minimum atomic E-state index is -3.74. The number of Topliss-reactive ketones (excluding diaryl/α,β-unsaturated/α-hetero) is 1. The number of sulfonamides is 1. The van der Waals surface area contributed by atoms with Crippen LogP contribution in [0.4, 0.5) is 4.39 Å². The molecule has 0 spiro atoms. The molecule has 2 aromatic rings. The SMILES string of the molecule is COCCN1C(=O)C(=O)/C(=C(/O)c2ccc(S(=O)(=O)N3CCOCC3)cc2)[C@H]1c1ccc(F)cc1.